The van der Waals surface area contributed by atoms with Crippen LogP contribution in [0.15, 0.2) is 10.7 Å². The average Bonchev–Trinajstić information content (AvgIpc) is 2.86. The van der Waals surface area contributed by atoms with E-state index in [-0.39, 0.29) is 18.6 Å². The second-order valence-corrected chi connectivity index (χ2v) is 4.91. The van der Waals surface area contributed by atoms with E-state index in [1.54, 1.807) is 11.1 Å². The van der Waals surface area contributed by atoms with Gasteiger partial charge in [0.05, 0.1) is 12.8 Å². The lowest BCUT2D eigenvalue weighted by Crippen LogP contribution is -2.52. The fourth-order valence-corrected chi connectivity index (χ4v) is 2.43. The largest absolute Gasteiger partial charge is 0.395 e. The second-order valence-electron chi connectivity index (χ2n) is 4.91. The summed E-state index contributed by atoms with van der Waals surface area (Å²) in [5.74, 6) is 0.245. The van der Waals surface area contributed by atoms with Gasteiger partial charge in [0.25, 0.3) is 5.91 Å². The molecular formula is C13H21N3O3. The molecule has 1 aromatic heterocycles. The van der Waals surface area contributed by atoms with Crippen LogP contribution in [-0.4, -0.2) is 64.8 Å². The summed E-state index contributed by atoms with van der Waals surface area (Å²) in [5.41, 5.74) is 0.772. The molecule has 1 fully saturated rings. The summed E-state index contributed by atoms with van der Waals surface area (Å²) in [6.45, 7) is 6.96. The molecule has 1 aliphatic rings. The van der Waals surface area contributed by atoms with Gasteiger partial charge in [-0.2, -0.15) is 0 Å². The van der Waals surface area contributed by atoms with Crippen LogP contribution in [0, 0.1) is 6.92 Å². The fraction of sp³-hybridized carbons (Fsp3) is 0.692. The molecule has 0 saturated carbocycles. The number of aromatic nitrogens is 1. The Labute approximate surface area is 113 Å². The van der Waals surface area contributed by atoms with E-state index in [0.29, 0.717) is 18.8 Å². The van der Waals surface area contributed by atoms with E-state index in [2.05, 4.69) is 17.0 Å². The molecule has 1 aliphatic heterocycles. The lowest BCUT2D eigenvalue weighted by molar-refractivity contribution is 0.0442. The first kappa shape index (κ1) is 14.0. The smallest absolute Gasteiger partial charge is 0.292 e. The van der Waals surface area contributed by atoms with Crippen LogP contribution in [0.3, 0.4) is 0 Å². The maximum absolute atomic E-state index is 12.2. The molecule has 0 bridgehead atoms. The van der Waals surface area contributed by atoms with Crippen LogP contribution < -0.4 is 0 Å². The quantitative estimate of drug-likeness (QED) is 0.861. The molecule has 106 valence electrons. The maximum Gasteiger partial charge on any atom is 0.292 e. The Morgan fingerprint density at radius 1 is 1.47 bits per heavy atom. The SMILES string of the molecule is CCC(CO)N1CCN(C(=O)c2oncc2C)CC1. The van der Waals surface area contributed by atoms with E-state index in [0.717, 1.165) is 25.1 Å². The molecule has 1 amide bonds. The van der Waals surface area contributed by atoms with Gasteiger partial charge in [-0.25, -0.2) is 0 Å². The predicted octanol–water partition coefficient (Wildman–Crippen LogP) is 0.512. The highest BCUT2D eigenvalue weighted by Crippen LogP contribution is 2.14. The summed E-state index contributed by atoms with van der Waals surface area (Å²) in [5, 5.41) is 12.9. The van der Waals surface area contributed by atoms with Gasteiger partial charge in [0, 0.05) is 37.8 Å². The second kappa shape index (κ2) is 6.16. The molecule has 6 nitrogen and oxygen atoms in total. The summed E-state index contributed by atoms with van der Waals surface area (Å²) in [6, 6.07) is 0.198. The molecule has 0 radical (unpaired) electrons. The van der Waals surface area contributed by atoms with E-state index in [1.165, 1.54) is 0 Å². The third kappa shape index (κ3) is 2.96. The Balaban J connectivity index is 1.93. The number of hydrogen-bond acceptors (Lipinski definition) is 5. The van der Waals surface area contributed by atoms with Gasteiger partial charge in [-0.3, -0.25) is 9.69 Å². The summed E-state index contributed by atoms with van der Waals surface area (Å²) in [4.78, 5) is 16.2. The van der Waals surface area contributed by atoms with Crippen LogP contribution >= 0.6 is 0 Å². The van der Waals surface area contributed by atoms with Crippen molar-refractivity contribution in [1.29, 1.82) is 0 Å². The minimum absolute atomic E-state index is 0.0910. The van der Waals surface area contributed by atoms with Crippen molar-refractivity contribution < 1.29 is 14.4 Å². The zero-order chi connectivity index (χ0) is 13.8. The Kier molecular flexibility index (Phi) is 4.55. The number of aliphatic hydroxyl groups excluding tert-OH is 1. The number of carbonyl (C=O) groups excluding carboxylic acids is 1. The zero-order valence-electron chi connectivity index (χ0n) is 11.5. The van der Waals surface area contributed by atoms with Gasteiger partial charge in [0.1, 0.15) is 0 Å². The number of aliphatic hydroxyl groups is 1. The van der Waals surface area contributed by atoms with Crippen LogP contribution in [0.4, 0.5) is 0 Å². The molecule has 1 unspecified atom stereocenters. The number of rotatable bonds is 4. The lowest BCUT2D eigenvalue weighted by Gasteiger charge is -2.38. The van der Waals surface area contributed by atoms with Crippen molar-refractivity contribution in [3.8, 4) is 0 Å². The highest BCUT2D eigenvalue weighted by atomic mass is 16.5. The van der Waals surface area contributed by atoms with E-state index in [1.807, 2.05) is 6.92 Å². The number of piperazine rings is 1. The van der Waals surface area contributed by atoms with Gasteiger partial charge in [-0.1, -0.05) is 12.1 Å². The number of hydrogen-bond donors (Lipinski definition) is 1. The average molecular weight is 267 g/mol. The van der Waals surface area contributed by atoms with Crippen molar-refractivity contribution in [2.75, 3.05) is 32.8 Å². The van der Waals surface area contributed by atoms with Crippen molar-refractivity contribution in [2.24, 2.45) is 0 Å². The predicted molar refractivity (Wildman–Crippen MR) is 69.9 cm³/mol. The molecule has 0 spiro atoms. The molecule has 1 atom stereocenters. The van der Waals surface area contributed by atoms with Crippen LogP contribution in [0.5, 0.6) is 0 Å². The standard InChI is InChI=1S/C13H21N3O3/c1-3-11(9-17)15-4-6-16(7-5-15)13(18)12-10(2)8-14-19-12/h8,11,17H,3-7,9H2,1-2H3. The minimum atomic E-state index is -0.0910. The van der Waals surface area contributed by atoms with Crippen molar-refractivity contribution in [1.82, 2.24) is 15.0 Å². The van der Waals surface area contributed by atoms with Gasteiger partial charge in [-0.05, 0) is 13.3 Å². The van der Waals surface area contributed by atoms with Crippen molar-refractivity contribution in [3.05, 3.63) is 17.5 Å². The fourth-order valence-electron chi connectivity index (χ4n) is 2.43. The van der Waals surface area contributed by atoms with E-state index < -0.39 is 0 Å². The van der Waals surface area contributed by atoms with Crippen molar-refractivity contribution in [2.45, 2.75) is 26.3 Å². The summed E-state index contributed by atoms with van der Waals surface area (Å²) in [6.07, 6.45) is 2.48. The molecule has 1 N–H and O–H groups in total. The van der Waals surface area contributed by atoms with Gasteiger partial charge in [0.2, 0.25) is 5.76 Å². The number of aryl methyl sites for hydroxylation is 1. The number of amides is 1. The monoisotopic (exact) mass is 267 g/mol. The van der Waals surface area contributed by atoms with Gasteiger partial charge >= 0.3 is 0 Å². The number of carbonyl (C=O) groups is 1. The first-order valence-electron chi connectivity index (χ1n) is 6.72. The molecular weight excluding hydrogens is 246 g/mol. The number of nitrogens with zero attached hydrogens (tertiary/aromatic N) is 3. The molecule has 19 heavy (non-hydrogen) atoms. The Hall–Kier alpha value is -1.40. The third-order valence-electron chi connectivity index (χ3n) is 3.74. The summed E-state index contributed by atoms with van der Waals surface area (Å²) < 4.78 is 5.00. The molecule has 2 rings (SSSR count). The van der Waals surface area contributed by atoms with Gasteiger partial charge in [-0.15, -0.1) is 0 Å². The Morgan fingerprint density at radius 2 is 2.16 bits per heavy atom. The Bertz CT molecular complexity index is 421. The molecule has 0 aromatic carbocycles. The molecule has 1 saturated heterocycles. The summed E-state index contributed by atoms with van der Waals surface area (Å²) >= 11 is 0. The minimum Gasteiger partial charge on any atom is -0.395 e. The zero-order valence-corrected chi connectivity index (χ0v) is 11.5. The first-order chi connectivity index (χ1) is 9.17. The van der Waals surface area contributed by atoms with Gasteiger partial charge < -0.3 is 14.5 Å². The van der Waals surface area contributed by atoms with E-state index in [9.17, 15) is 9.90 Å². The lowest BCUT2D eigenvalue weighted by atomic mass is 10.1. The van der Waals surface area contributed by atoms with Crippen LogP contribution in [0.1, 0.15) is 29.5 Å². The third-order valence-corrected chi connectivity index (χ3v) is 3.74. The molecule has 2 heterocycles. The van der Waals surface area contributed by atoms with Gasteiger partial charge in [0.15, 0.2) is 0 Å². The Morgan fingerprint density at radius 3 is 2.63 bits per heavy atom. The van der Waals surface area contributed by atoms with Crippen LogP contribution in [-0.2, 0) is 0 Å². The topological polar surface area (TPSA) is 69.8 Å². The van der Waals surface area contributed by atoms with Crippen LogP contribution in [0.25, 0.3) is 0 Å². The molecule has 6 heteroatoms. The highest BCUT2D eigenvalue weighted by molar-refractivity contribution is 5.92. The molecule has 0 aliphatic carbocycles. The van der Waals surface area contributed by atoms with Crippen molar-refractivity contribution >= 4 is 5.91 Å². The summed E-state index contributed by atoms with van der Waals surface area (Å²) in [7, 11) is 0. The van der Waals surface area contributed by atoms with Crippen LogP contribution in [0.2, 0.25) is 0 Å². The normalized spacial score (nSPS) is 18.6. The van der Waals surface area contributed by atoms with Crippen molar-refractivity contribution in [3.63, 3.8) is 0 Å². The molecule has 1 aromatic rings. The maximum atomic E-state index is 12.2. The highest BCUT2D eigenvalue weighted by Gasteiger charge is 2.27. The van der Waals surface area contributed by atoms with E-state index in [4.69, 9.17) is 4.52 Å². The van der Waals surface area contributed by atoms with E-state index >= 15 is 0 Å². The first-order valence-corrected chi connectivity index (χ1v) is 6.72.